The van der Waals surface area contributed by atoms with Gasteiger partial charge in [-0.15, -0.1) is 0 Å². The van der Waals surface area contributed by atoms with Crippen molar-refractivity contribution in [2.45, 2.75) is 6.18 Å². The van der Waals surface area contributed by atoms with E-state index in [1.165, 1.54) is 12.1 Å². The molecule has 0 spiro atoms. The maximum Gasteiger partial charge on any atom is 0.417 e. The Morgan fingerprint density at radius 1 is 1.14 bits per heavy atom. The van der Waals surface area contributed by atoms with E-state index in [1.807, 2.05) is 12.1 Å². The Bertz CT molecular complexity index is 686. The topological polar surface area (TPSA) is 38.0 Å². The van der Waals surface area contributed by atoms with Gasteiger partial charge in [0.25, 0.3) is 0 Å². The van der Waals surface area contributed by atoms with Crippen molar-refractivity contribution < 1.29 is 13.2 Å². The normalized spacial score (nSPS) is 11.2. The van der Waals surface area contributed by atoms with E-state index >= 15 is 0 Å². The highest BCUT2D eigenvalue weighted by molar-refractivity contribution is 14.1. The number of hydrogen-bond donors (Lipinski definition) is 2. The molecule has 0 aromatic heterocycles. The van der Waals surface area contributed by atoms with E-state index < -0.39 is 11.7 Å². The zero-order valence-electron chi connectivity index (χ0n) is 10.5. The van der Waals surface area contributed by atoms with Gasteiger partial charge in [0, 0.05) is 14.8 Å². The Balaban J connectivity index is 2.43. The first-order valence-corrected chi connectivity index (χ1v) is 7.30. The predicted octanol–water partition coefficient (Wildman–Crippen LogP) is 4.69. The van der Waals surface area contributed by atoms with Gasteiger partial charge < -0.3 is 11.1 Å². The minimum absolute atomic E-state index is 0.175. The van der Waals surface area contributed by atoms with Crippen LogP contribution in [-0.2, 0) is 6.18 Å². The summed E-state index contributed by atoms with van der Waals surface area (Å²) in [6.07, 6.45) is -4.51. The number of benzene rings is 2. The fraction of sp³-hybridized carbons (Fsp3) is 0.0714. The van der Waals surface area contributed by atoms with E-state index in [4.69, 9.17) is 5.73 Å². The fourth-order valence-electron chi connectivity index (χ4n) is 1.79. The highest BCUT2D eigenvalue weighted by Gasteiger charge is 2.34. The molecule has 2 aromatic rings. The van der Waals surface area contributed by atoms with Gasteiger partial charge in [0.2, 0.25) is 0 Å². The molecule has 0 fully saturated rings. The number of alkyl halides is 3. The number of thiocarbonyl (C=S) groups is 1. The van der Waals surface area contributed by atoms with Gasteiger partial charge in [0.1, 0.15) is 4.99 Å². The third-order valence-corrected chi connectivity index (χ3v) is 3.90. The van der Waals surface area contributed by atoms with Crippen LogP contribution in [0.1, 0.15) is 11.1 Å². The average molecular weight is 422 g/mol. The molecule has 7 heteroatoms. The molecule has 0 saturated heterocycles. The number of halogens is 4. The minimum Gasteiger partial charge on any atom is -0.389 e. The fourth-order valence-corrected chi connectivity index (χ4v) is 2.49. The lowest BCUT2D eigenvalue weighted by molar-refractivity contribution is -0.137. The Morgan fingerprint density at radius 3 is 2.38 bits per heavy atom. The summed E-state index contributed by atoms with van der Waals surface area (Å²) in [6.45, 7) is 0. The van der Waals surface area contributed by atoms with Crippen LogP contribution in [0.4, 0.5) is 24.5 Å². The van der Waals surface area contributed by atoms with Crippen LogP contribution in [0.25, 0.3) is 0 Å². The number of anilines is 2. The lowest BCUT2D eigenvalue weighted by atomic mass is 10.1. The highest BCUT2D eigenvalue weighted by atomic mass is 127. The first-order valence-electron chi connectivity index (χ1n) is 5.81. The number of rotatable bonds is 3. The SMILES string of the molecule is NC(=S)c1ccc(Nc2ccccc2I)cc1C(F)(F)F. The summed E-state index contributed by atoms with van der Waals surface area (Å²) in [4.78, 5) is -0.275. The molecule has 0 saturated carbocycles. The van der Waals surface area contributed by atoms with Crippen molar-refractivity contribution in [1.82, 2.24) is 0 Å². The average Bonchev–Trinajstić information content (AvgIpc) is 2.40. The van der Waals surface area contributed by atoms with E-state index in [0.29, 0.717) is 5.69 Å². The van der Waals surface area contributed by atoms with Gasteiger partial charge in [0.15, 0.2) is 0 Å². The molecule has 2 aromatic carbocycles. The molecule has 0 atom stereocenters. The summed E-state index contributed by atoms with van der Waals surface area (Å²) < 4.78 is 40.1. The van der Waals surface area contributed by atoms with Crippen LogP contribution >= 0.6 is 34.8 Å². The number of nitrogens with two attached hydrogens (primary N) is 1. The van der Waals surface area contributed by atoms with Crippen molar-refractivity contribution in [1.29, 1.82) is 0 Å². The van der Waals surface area contributed by atoms with Gasteiger partial charge >= 0.3 is 6.18 Å². The van der Waals surface area contributed by atoms with Crippen LogP contribution in [-0.4, -0.2) is 4.99 Å². The number of para-hydroxylation sites is 1. The summed E-state index contributed by atoms with van der Waals surface area (Å²) >= 11 is 6.77. The molecule has 0 unspecified atom stereocenters. The van der Waals surface area contributed by atoms with Crippen LogP contribution in [0.15, 0.2) is 42.5 Å². The van der Waals surface area contributed by atoms with Gasteiger partial charge in [-0.3, -0.25) is 0 Å². The molecule has 0 aliphatic rings. The van der Waals surface area contributed by atoms with E-state index in [2.05, 4.69) is 40.1 Å². The molecule has 0 aliphatic carbocycles. The zero-order valence-corrected chi connectivity index (χ0v) is 13.5. The van der Waals surface area contributed by atoms with Gasteiger partial charge in [-0.25, -0.2) is 0 Å². The Morgan fingerprint density at radius 2 is 1.81 bits per heavy atom. The molecule has 2 nitrogen and oxygen atoms in total. The van der Waals surface area contributed by atoms with E-state index in [-0.39, 0.29) is 10.6 Å². The van der Waals surface area contributed by atoms with Crippen LogP contribution in [0.2, 0.25) is 0 Å². The van der Waals surface area contributed by atoms with Crippen molar-refractivity contribution in [3.8, 4) is 0 Å². The van der Waals surface area contributed by atoms with Crippen molar-refractivity contribution >= 4 is 51.2 Å². The monoisotopic (exact) mass is 422 g/mol. The molecule has 0 aliphatic heterocycles. The lowest BCUT2D eigenvalue weighted by Gasteiger charge is -2.15. The molecule has 110 valence electrons. The summed E-state index contributed by atoms with van der Waals surface area (Å²) in [7, 11) is 0. The molecule has 21 heavy (non-hydrogen) atoms. The maximum absolute atomic E-state index is 13.1. The molecular weight excluding hydrogens is 412 g/mol. The van der Waals surface area contributed by atoms with Crippen molar-refractivity contribution in [2.24, 2.45) is 5.73 Å². The smallest absolute Gasteiger partial charge is 0.389 e. The minimum atomic E-state index is -4.51. The second-order valence-electron chi connectivity index (χ2n) is 4.23. The number of nitrogens with one attached hydrogen (secondary N) is 1. The van der Waals surface area contributed by atoms with Crippen molar-refractivity contribution in [2.75, 3.05) is 5.32 Å². The van der Waals surface area contributed by atoms with E-state index in [1.54, 1.807) is 12.1 Å². The molecule has 2 rings (SSSR count). The molecule has 0 bridgehead atoms. The highest BCUT2D eigenvalue weighted by Crippen LogP contribution is 2.34. The Kier molecular flexibility index (Phi) is 4.72. The summed E-state index contributed by atoms with van der Waals surface area (Å²) in [5.41, 5.74) is 5.39. The second-order valence-corrected chi connectivity index (χ2v) is 5.83. The predicted molar refractivity (Wildman–Crippen MR) is 89.8 cm³/mol. The van der Waals surface area contributed by atoms with E-state index in [0.717, 1.165) is 15.3 Å². The van der Waals surface area contributed by atoms with Crippen LogP contribution in [0, 0.1) is 3.57 Å². The van der Waals surface area contributed by atoms with Crippen LogP contribution in [0.5, 0.6) is 0 Å². The summed E-state index contributed by atoms with van der Waals surface area (Å²) in [6, 6.07) is 11.1. The Hall–Kier alpha value is -1.35. The second kappa shape index (κ2) is 6.18. The first kappa shape index (κ1) is 16.0. The van der Waals surface area contributed by atoms with Crippen LogP contribution in [0.3, 0.4) is 0 Å². The maximum atomic E-state index is 13.1. The Labute approximate surface area is 138 Å². The van der Waals surface area contributed by atoms with Gasteiger partial charge in [-0.1, -0.05) is 24.4 Å². The quantitative estimate of drug-likeness (QED) is 0.557. The van der Waals surface area contributed by atoms with Crippen molar-refractivity contribution in [3.05, 3.63) is 57.2 Å². The molecule has 3 N–H and O–H groups in total. The third-order valence-electron chi connectivity index (χ3n) is 2.74. The van der Waals surface area contributed by atoms with Crippen molar-refractivity contribution in [3.63, 3.8) is 0 Å². The number of hydrogen-bond acceptors (Lipinski definition) is 2. The van der Waals surface area contributed by atoms with Gasteiger partial charge in [-0.05, 0) is 52.9 Å². The van der Waals surface area contributed by atoms with Gasteiger partial charge in [-0.2, -0.15) is 13.2 Å². The third kappa shape index (κ3) is 3.85. The molecule has 0 heterocycles. The summed E-state index contributed by atoms with van der Waals surface area (Å²) in [5.74, 6) is 0. The first-order chi connectivity index (χ1) is 9.79. The standard InChI is InChI=1S/C14H10F3IN2S/c15-14(16,17)10-7-8(5-6-9(10)13(19)21)20-12-4-2-1-3-11(12)18/h1-7,20H,(H2,19,21). The lowest BCUT2D eigenvalue weighted by Crippen LogP contribution is -2.18. The summed E-state index contributed by atoms with van der Waals surface area (Å²) in [5, 5.41) is 2.96. The molecule has 0 radical (unpaired) electrons. The largest absolute Gasteiger partial charge is 0.417 e. The van der Waals surface area contributed by atoms with Crippen LogP contribution < -0.4 is 11.1 Å². The van der Waals surface area contributed by atoms with E-state index in [9.17, 15) is 13.2 Å². The van der Waals surface area contributed by atoms with Gasteiger partial charge in [0.05, 0.1) is 11.3 Å². The molecule has 0 amide bonds. The molecular formula is C14H10F3IN2S. The zero-order chi connectivity index (χ0) is 15.6.